The fourth-order valence-electron chi connectivity index (χ4n) is 4.06. The summed E-state index contributed by atoms with van der Waals surface area (Å²) in [5.41, 5.74) is 2.30. The summed E-state index contributed by atoms with van der Waals surface area (Å²) in [6, 6.07) is 9.56. The second kappa shape index (κ2) is 7.19. The zero-order valence-electron chi connectivity index (χ0n) is 15.3. The van der Waals surface area contributed by atoms with Gasteiger partial charge in [0, 0.05) is 46.4 Å². The molecule has 140 valence electrons. The smallest absolute Gasteiger partial charge is 0.225 e. The molecule has 2 aromatic rings. The van der Waals surface area contributed by atoms with Crippen LogP contribution in [0.3, 0.4) is 0 Å². The molecule has 27 heavy (non-hydrogen) atoms. The largest absolute Gasteiger partial charge is 0.497 e. The number of ether oxygens (including phenoxy) is 2. The summed E-state index contributed by atoms with van der Waals surface area (Å²) in [6.45, 7) is 0. The van der Waals surface area contributed by atoms with Crippen LogP contribution in [-0.2, 0) is 9.59 Å². The maximum atomic E-state index is 13.1. The van der Waals surface area contributed by atoms with E-state index < -0.39 is 0 Å². The molecule has 0 saturated carbocycles. The average Bonchev–Trinajstić information content (AvgIpc) is 3.21. The molecule has 1 aromatic heterocycles. The van der Waals surface area contributed by atoms with E-state index in [1.165, 1.54) is 4.88 Å². The average molecular weight is 383 g/mol. The lowest BCUT2D eigenvalue weighted by Crippen LogP contribution is -2.38. The van der Waals surface area contributed by atoms with Gasteiger partial charge in [-0.3, -0.25) is 9.59 Å². The molecule has 0 saturated heterocycles. The molecular formula is C21H21NO4S. The number of hydrogen-bond acceptors (Lipinski definition) is 5. The molecule has 1 aromatic carbocycles. The third-order valence-corrected chi connectivity index (χ3v) is 6.33. The molecule has 2 aliphatic rings. The van der Waals surface area contributed by atoms with Gasteiger partial charge >= 0.3 is 0 Å². The molecule has 0 fully saturated rings. The number of hydrogen-bond donors (Lipinski definition) is 1. The van der Waals surface area contributed by atoms with Crippen LogP contribution in [0.1, 0.15) is 41.5 Å². The minimum Gasteiger partial charge on any atom is -0.497 e. The maximum absolute atomic E-state index is 13.1. The van der Waals surface area contributed by atoms with E-state index in [0.29, 0.717) is 29.9 Å². The van der Waals surface area contributed by atoms with Gasteiger partial charge in [0.15, 0.2) is 5.78 Å². The third kappa shape index (κ3) is 3.25. The molecule has 4 rings (SSSR count). The van der Waals surface area contributed by atoms with Crippen molar-refractivity contribution in [2.24, 2.45) is 0 Å². The molecule has 1 aliphatic heterocycles. The number of allylic oxidation sites excluding steroid dienone is 2. The predicted molar refractivity (Wildman–Crippen MR) is 103 cm³/mol. The number of carbonyl (C=O) groups is 2. The molecule has 6 heteroatoms. The van der Waals surface area contributed by atoms with Gasteiger partial charge in [0.1, 0.15) is 11.5 Å². The number of thiophene rings is 1. The lowest BCUT2D eigenvalue weighted by molar-refractivity contribution is -0.122. The van der Waals surface area contributed by atoms with Crippen molar-refractivity contribution in [2.75, 3.05) is 14.2 Å². The van der Waals surface area contributed by atoms with Crippen LogP contribution in [-0.4, -0.2) is 25.9 Å². The van der Waals surface area contributed by atoms with E-state index in [2.05, 4.69) is 11.4 Å². The van der Waals surface area contributed by atoms with Gasteiger partial charge in [-0.25, -0.2) is 0 Å². The van der Waals surface area contributed by atoms with Crippen LogP contribution in [0, 0.1) is 0 Å². The van der Waals surface area contributed by atoms with Crippen molar-refractivity contribution in [3.05, 3.63) is 57.4 Å². The van der Waals surface area contributed by atoms with Crippen molar-refractivity contribution in [3.63, 3.8) is 0 Å². The van der Waals surface area contributed by atoms with Gasteiger partial charge in [0.2, 0.25) is 5.91 Å². The van der Waals surface area contributed by atoms with Crippen molar-refractivity contribution >= 4 is 23.0 Å². The Hall–Kier alpha value is -2.60. The lowest BCUT2D eigenvalue weighted by Gasteiger charge is -2.34. The molecular weight excluding hydrogens is 362 g/mol. The third-order valence-electron chi connectivity index (χ3n) is 5.29. The second-order valence-corrected chi connectivity index (χ2v) is 7.83. The minimum absolute atomic E-state index is 0.0664. The molecule has 0 bridgehead atoms. The predicted octanol–water partition coefficient (Wildman–Crippen LogP) is 3.77. The van der Waals surface area contributed by atoms with Crippen LogP contribution in [0.15, 0.2) is 47.0 Å². The van der Waals surface area contributed by atoms with Gasteiger partial charge in [-0.15, -0.1) is 11.3 Å². The van der Waals surface area contributed by atoms with Crippen molar-refractivity contribution in [3.8, 4) is 11.5 Å². The minimum atomic E-state index is -0.310. The topological polar surface area (TPSA) is 64.6 Å². The molecule has 2 heterocycles. The first-order valence-electron chi connectivity index (χ1n) is 8.92. The van der Waals surface area contributed by atoms with E-state index >= 15 is 0 Å². The fourth-order valence-corrected chi connectivity index (χ4v) is 4.89. The van der Waals surface area contributed by atoms with Crippen LogP contribution >= 0.6 is 11.3 Å². The molecule has 0 unspecified atom stereocenters. The number of methoxy groups -OCH3 is 2. The Kier molecular flexibility index (Phi) is 4.74. The Morgan fingerprint density at radius 1 is 1.07 bits per heavy atom. The van der Waals surface area contributed by atoms with Crippen LogP contribution in [0.25, 0.3) is 0 Å². The molecule has 1 aliphatic carbocycles. The molecule has 5 nitrogen and oxygen atoms in total. The number of ketones is 1. The van der Waals surface area contributed by atoms with E-state index in [9.17, 15) is 9.59 Å². The number of amides is 1. The highest BCUT2D eigenvalue weighted by molar-refractivity contribution is 7.10. The van der Waals surface area contributed by atoms with Crippen molar-refractivity contribution in [1.29, 1.82) is 0 Å². The molecule has 1 N–H and O–H groups in total. The maximum Gasteiger partial charge on any atom is 0.225 e. The van der Waals surface area contributed by atoms with E-state index in [-0.39, 0.29) is 29.9 Å². The standard InChI is InChI=1S/C21H21NO4S/c1-25-13-5-6-18(26-2)14(10-13)15-11-20(24)22-16-8-12(9-17(23)21(15)16)19-4-3-7-27-19/h3-7,10,12,15H,8-9,11H2,1-2H3,(H,22,24)/t12-,15+/m1/s1. The van der Waals surface area contributed by atoms with E-state index in [1.54, 1.807) is 25.6 Å². The zero-order valence-corrected chi connectivity index (χ0v) is 16.1. The molecule has 0 spiro atoms. The van der Waals surface area contributed by atoms with Gasteiger partial charge in [0.25, 0.3) is 0 Å². The fraction of sp³-hybridized carbons (Fsp3) is 0.333. The summed E-state index contributed by atoms with van der Waals surface area (Å²) in [7, 11) is 3.19. The summed E-state index contributed by atoms with van der Waals surface area (Å²) < 4.78 is 10.9. The Balaban J connectivity index is 1.77. The van der Waals surface area contributed by atoms with Crippen LogP contribution in [0.4, 0.5) is 0 Å². The number of benzene rings is 1. The summed E-state index contributed by atoms with van der Waals surface area (Å²) in [5.74, 6) is 1.19. The van der Waals surface area contributed by atoms with Gasteiger partial charge in [0.05, 0.1) is 14.2 Å². The van der Waals surface area contributed by atoms with E-state index in [0.717, 1.165) is 11.3 Å². The van der Waals surface area contributed by atoms with Gasteiger partial charge in [-0.2, -0.15) is 0 Å². The summed E-state index contributed by atoms with van der Waals surface area (Å²) in [6.07, 6.45) is 1.38. The van der Waals surface area contributed by atoms with Gasteiger partial charge < -0.3 is 14.8 Å². The monoisotopic (exact) mass is 383 g/mol. The Bertz CT molecular complexity index is 916. The quantitative estimate of drug-likeness (QED) is 0.873. The number of rotatable bonds is 4. The first-order valence-corrected chi connectivity index (χ1v) is 9.80. The summed E-state index contributed by atoms with van der Waals surface area (Å²) in [5, 5.41) is 4.98. The van der Waals surface area contributed by atoms with E-state index in [4.69, 9.17) is 9.47 Å². The highest BCUT2D eigenvalue weighted by atomic mass is 32.1. The second-order valence-electron chi connectivity index (χ2n) is 6.85. The highest BCUT2D eigenvalue weighted by Gasteiger charge is 2.39. The molecule has 1 amide bonds. The van der Waals surface area contributed by atoms with Gasteiger partial charge in [-0.1, -0.05) is 6.07 Å². The van der Waals surface area contributed by atoms with Crippen molar-refractivity contribution in [2.45, 2.75) is 31.1 Å². The van der Waals surface area contributed by atoms with Crippen LogP contribution in [0.5, 0.6) is 11.5 Å². The first kappa shape index (κ1) is 17.8. The normalized spacial score (nSPS) is 22.3. The Morgan fingerprint density at radius 2 is 1.93 bits per heavy atom. The van der Waals surface area contributed by atoms with Crippen molar-refractivity contribution in [1.82, 2.24) is 5.32 Å². The molecule has 2 atom stereocenters. The zero-order chi connectivity index (χ0) is 19.0. The molecule has 0 radical (unpaired) electrons. The number of nitrogens with one attached hydrogen (secondary N) is 1. The SMILES string of the molecule is COc1ccc(OC)c([C@@H]2CC(=O)NC3=C2C(=O)C[C@H](c2cccs2)C3)c1. The highest BCUT2D eigenvalue weighted by Crippen LogP contribution is 2.45. The van der Waals surface area contributed by atoms with Crippen LogP contribution in [0.2, 0.25) is 0 Å². The Labute approximate surface area is 162 Å². The lowest BCUT2D eigenvalue weighted by atomic mass is 9.74. The van der Waals surface area contributed by atoms with Crippen LogP contribution < -0.4 is 14.8 Å². The summed E-state index contributed by atoms with van der Waals surface area (Å²) >= 11 is 1.66. The first-order chi connectivity index (χ1) is 13.1. The van der Waals surface area contributed by atoms with E-state index in [1.807, 2.05) is 29.6 Å². The van der Waals surface area contributed by atoms with Gasteiger partial charge in [-0.05, 0) is 36.1 Å². The van der Waals surface area contributed by atoms with Crippen molar-refractivity contribution < 1.29 is 19.1 Å². The number of Topliss-reactive ketones (excluding diaryl/α,β-unsaturated/α-hetero) is 1. The number of carbonyl (C=O) groups excluding carboxylic acids is 2. The summed E-state index contributed by atoms with van der Waals surface area (Å²) in [4.78, 5) is 26.7. The Morgan fingerprint density at radius 3 is 2.63 bits per heavy atom.